The number of hydrogen-bond donors (Lipinski definition) is 1. The van der Waals surface area contributed by atoms with Crippen LogP contribution in [0.1, 0.15) is 42.4 Å². The Bertz CT molecular complexity index is 339. The highest BCUT2D eigenvalue weighted by Crippen LogP contribution is 2.42. The molecule has 0 radical (unpaired) electrons. The standard InChI is InChI=1S/C12H18N2S/c1-8-7-15-12(14-8)11(10-4-5-10)13-6-9-2-3-9/h7,9-11,13H,2-6H2,1H3. The van der Waals surface area contributed by atoms with Gasteiger partial charge in [-0.25, -0.2) is 4.98 Å². The van der Waals surface area contributed by atoms with E-state index in [1.807, 2.05) is 11.3 Å². The smallest absolute Gasteiger partial charge is 0.110 e. The molecule has 1 atom stereocenters. The Morgan fingerprint density at radius 3 is 2.80 bits per heavy atom. The largest absolute Gasteiger partial charge is 0.307 e. The normalized spacial score (nSPS) is 23.0. The van der Waals surface area contributed by atoms with Gasteiger partial charge in [-0.05, 0) is 51.0 Å². The summed E-state index contributed by atoms with van der Waals surface area (Å²) in [5.74, 6) is 1.83. The molecule has 2 aliphatic rings. The van der Waals surface area contributed by atoms with Crippen LogP contribution >= 0.6 is 11.3 Å². The van der Waals surface area contributed by atoms with Gasteiger partial charge < -0.3 is 5.32 Å². The van der Waals surface area contributed by atoms with Gasteiger partial charge in [0.2, 0.25) is 0 Å². The number of thiazole rings is 1. The van der Waals surface area contributed by atoms with E-state index >= 15 is 0 Å². The number of aryl methyl sites for hydroxylation is 1. The maximum Gasteiger partial charge on any atom is 0.110 e. The second kappa shape index (κ2) is 3.87. The summed E-state index contributed by atoms with van der Waals surface area (Å²) in [6, 6.07) is 0.560. The molecule has 0 aliphatic heterocycles. The van der Waals surface area contributed by atoms with E-state index in [1.54, 1.807) is 0 Å². The lowest BCUT2D eigenvalue weighted by atomic mass is 10.2. The maximum atomic E-state index is 4.63. The van der Waals surface area contributed by atoms with Gasteiger partial charge in [0.05, 0.1) is 6.04 Å². The Balaban J connectivity index is 1.66. The van der Waals surface area contributed by atoms with E-state index in [1.165, 1.54) is 42.9 Å². The van der Waals surface area contributed by atoms with Crippen LogP contribution in [0.25, 0.3) is 0 Å². The molecule has 2 saturated carbocycles. The fourth-order valence-corrected chi connectivity index (χ4v) is 2.98. The molecule has 3 rings (SSSR count). The highest BCUT2D eigenvalue weighted by molar-refractivity contribution is 7.09. The van der Waals surface area contributed by atoms with E-state index < -0.39 is 0 Å². The third kappa shape index (κ3) is 2.40. The van der Waals surface area contributed by atoms with Crippen molar-refractivity contribution in [1.29, 1.82) is 0 Å². The minimum absolute atomic E-state index is 0.560. The van der Waals surface area contributed by atoms with Crippen LogP contribution in [0.3, 0.4) is 0 Å². The van der Waals surface area contributed by atoms with Crippen molar-refractivity contribution in [3.8, 4) is 0 Å². The second-order valence-electron chi connectivity index (χ2n) is 4.99. The molecule has 0 amide bonds. The molecule has 1 heterocycles. The van der Waals surface area contributed by atoms with Gasteiger partial charge in [-0.15, -0.1) is 11.3 Å². The highest BCUT2D eigenvalue weighted by atomic mass is 32.1. The van der Waals surface area contributed by atoms with Gasteiger partial charge >= 0.3 is 0 Å². The van der Waals surface area contributed by atoms with Gasteiger partial charge in [-0.3, -0.25) is 0 Å². The predicted octanol–water partition coefficient (Wildman–Crippen LogP) is 2.90. The molecule has 2 aliphatic carbocycles. The minimum atomic E-state index is 0.560. The minimum Gasteiger partial charge on any atom is -0.307 e. The summed E-state index contributed by atoms with van der Waals surface area (Å²) in [5, 5.41) is 7.21. The van der Waals surface area contributed by atoms with Gasteiger partial charge in [0.1, 0.15) is 5.01 Å². The first kappa shape index (κ1) is 9.79. The van der Waals surface area contributed by atoms with Crippen molar-refractivity contribution in [2.45, 2.75) is 38.6 Å². The first-order valence-corrected chi connectivity index (χ1v) is 6.86. The summed E-state index contributed by atoms with van der Waals surface area (Å²) >= 11 is 1.82. The van der Waals surface area contributed by atoms with Crippen LogP contribution in [0, 0.1) is 18.8 Å². The van der Waals surface area contributed by atoms with Crippen LogP contribution in [-0.2, 0) is 0 Å². The third-order valence-electron chi connectivity index (χ3n) is 3.32. The van der Waals surface area contributed by atoms with Crippen molar-refractivity contribution in [1.82, 2.24) is 10.3 Å². The number of nitrogens with one attached hydrogen (secondary N) is 1. The van der Waals surface area contributed by atoms with Crippen LogP contribution in [0.15, 0.2) is 5.38 Å². The van der Waals surface area contributed by atoms with Crippen molar-refractivity contribution in [3.63, 3.8) is 0 Å². The lowest BCUT2D eigenvalue weighted by molar-refractivity contribution is 0.466. The van der Waals surface area contributed by atoms with Gasteiger partial charge in [0, 0.05) is 11.1 Å². The quantitative estimate of drug-likeness (QED) is 0.828. The highest BCUT2D eigenvalue weighted by Gasteiger charge is 2.35. The van der Waals surface area contributed by atoms with Gasteiger partial charge in [0.15, 0.2) is 0 Å². The number of nitrogens with zero attached hydrogens (tertiary/aromatic N) is 1. The van der Waals surface area contributed by atoms with E-state index in [2.05, 4.69) is 22.6 Å². The molecule has 1 N–H and O–H groups in total. The molecular formula is C12H18N2S. The Hall–Kier alpha value is -0.410. The molecule has 1 aromatic heterocycles. The molecule has 1 aromatic rings. The molecule has 2 nitrogen and oxygen atoms in total. The monoisotopic (exact) mass is 222 g/mol. The molecule has 0 bridgehead atoms. The van der Waals surface area contributed by atoms with Crippen molar-refractivity contribution in [3.05, 3.63) is 16.1 Å². The van der Waals surface area contributed by atoms with Crippen molar-refractivity contribution in [2.75, 3.05) is 6.54 Å². The Labute approximate surface area is 95.1 Å². The molecule has 15 heavy (non-hydrogen) atoms. The first-order chi connectivity index (χ1) is 7.33. The summed E-state index contributed by atoms with van der Waals surface area (Å²) in [6.07, 6.45) is 5.64. The average Bonchev–Trinajstić information content (AvgIpc) is 3.09. The number of aromatic nitrogens is 1. The van der Waals surface area contributed by atoms with Crippen LogP contribution in [0.2, 0.25) is 0 Å². The summed E-state index contributed by atoms with van der Waals surface area (Å²) < 4.78 is 0. The molecule has 0 spiro atoms. The van der Waals surface area contributed by atoms with Crippen LogP contribution in [0.4, 0.5) is 0 Å². The molecular weight excluding hydrogens is 204 g/mol. The van der Waals surface area contributed by atoms with Gasteiger partial charge in [-0.2, -0.15) is 0 Å². The van der Waals surface area contributed by atoms with Crippen LogP contribution in [-0.4, -0.2) is 11.5 Å². The lowest BCUT2D eigenvalue weighted by Gasteiger charge is -2.15. The molecule has 2 fully saturated rings. The Morgan fingerprint density at radius 1 is 1.47 bits per heavy atom. The van der Waals surface area contributed by atoms with E-state index in [4.69, 9.17) is 0 Å². The van der Waals surface area contributed by atoms with E-state index in [-0.39, 0.29) is 0 Å². The van der Waals surface area contributed by atoms with Crippen molar-refractivity contribution >= 4 is 11.3 Å². The zero-order chi connectivity index (χ0) is 10.3. The summed E-state index contributed by atoms with van der Waals surface area (Å²) in [4.78, 5) is 4.63. The zero-order valence-electron chi connectivity index (χ0n) is 9.20. The molecule has 82 valence electrons. The second-order valence-corrected chi connectivity index (χ2v) is 5.88. The Kier molecular flexibility index (Phi) is 2.53. The van der Waals surface area contributed by atoms with Gasteiger partial charge in [0.25, 0.3) is 0 Å². The fraction of sp³-hybridized carbons (Fsp3) is 0.750. The molecule has 1 unspecified atom stereocenters. The van der Waals surface area contributed by atoms with Crippen molar-refractivity contribution in [2.24, 2.45) is 11.8 Å². The van der Waals surface area contributed by atoms with Crippen LogP contribution < -0.4 is 5.32 Å². The summed E-state index contributed by atoms with van der Waals surface area (Å²) in [6.45, 7) is 3.30. The summed E-state index contributed by atoms with van der Waals surface area (Å²) in [5.41, 5.74) is 1.17. The third-order valence-corrected chi connectivity index (χ3v) is 4.37. The lowest BCUT2D eigenvalue weighted by Crippen LogP contribution is -2.25. The number of rotatable bonds is 5. The van der Waals surface area contributed by atoms with E-state index in [0.717, 1.165) is 11.8 Å². The molecule has 0 aromatic carbocycles. The number of hydrogen-bond acceptors (Lipinski definition) is 3. The zero-order valence-corrected chi connectivity index (χ0v) is 10.0. The topological polar surface area (TPSA) is 24.9 Å². The fourth-order valence-electron chi connectivity index (χ4n) is 2.02. The summed E-state index contributed by atoms with van der Waals surface area (Å²) in [7, 11) is 0. The van der Waals surface area contributed by atoms with Gasteiger partial charge in [-0.1, -0.05) is 0 Å². The van der Waals surface area contributed by atoms with E-state index in [9.17, 15) is 0 Å². The predicted molar refractivity (Wildman–Crippen MR) is 63.0 cm³/mol. The molecule has 3 heteroatoms. The maximum absolute atomic E-state index is 4.63. The van der Waals surface area contributed by atoms with E-state index in [0.29, 0.717) is 6.04 Å². The van der Waals surface area contributed by atoms with Crippen LogP contribution in [0.5, 0.6) is 0 Å². The first-order valence-electron chi connectivity index (χ1n) is 5.98. The Morgan fingerprint density at radius 2 is 2.27 bits per heavy atom. The SMILES string of the molecule is Cc1csc(C(NCC2CC2)C2CC2)n1. The average molecular weight is 222 g/mol. The molecule has 0 saturated heterocycles. The van der Waals surface area contributed by atoms with Crippen molar-refractivity contribution < 1.29 is 0 Å².